The topological polar surface area (TPSA) is 77.8 Å². The van der Waals surface area contributed by atoms with Crippen molar-refractivity contribution in [1.29, 1.82) is 0 Å². The number of benzene rings is 1. The van der Waals surface area contributed by atoms with Crippen LogP contribution in [0.3, 0.4) is 0 Å². The summed E-state index contributed by atoms with van der Waals surface area (Å²) in [5.41, 5.74) is 2.61. The van der Waals surface area contributed by atoms with Crippen molar-refractivity contribution >= 4 is 7.60 Å². The minimum atomic E-state index is -4.14. The normalized spacial score (nSPS) is 13.5. The molecule has 0 atom stereocenters. The van der Waals surface area contributed by atoms with E-state index in [0.29, 0.717) is 11.1 Å². The summed E-state index contributed by atoms with van der Waals surface area (Å²) in [6.07, 6.45) is 0.559. The lowest BCUT2D eigenvalue weighted by Gasteiger charge is -2.34. The Morgan fingerprint density at radius 2 is 1.55 bits per heavy atom. The smallest absolute Gasteiger partial charge is 0.329 e. The lowest BCUT2D eigenvalue weighted by molar-refractivity contribution is 0.278. The molecule has 0 saturated heterocycles. The van der Waals surface area contributed by atoms with E-state index in [4.69, 9.17) is 0 Å². The molecular formula is C17H29O4P. The number of phenolic OH excluding ortho intramolecular Hbond substituents is 1. The standard InChI is InChI=1S/C17H29O4P/c1-11-12(2)15(18)14(8-13(11)9-22(19,20)21)17(6,7)10-16(3,4)5/h8,18H,9-10H2,1-7H3,(H2,19,20,21). The van der Waals surface area contributed by atoms with Crippen LogP contribution in [0.2, 0.25) is 0 Å². The van der Waals surface area contributed by atoms with Gasteiger partial charge in [0.2, 0.25) is 0 Å². The van der Waals surface area contributed by atoms with Crippen LogP contribution in [0.1, 0.15) is 63.3 Å². The first-order chi connectivity index (χ1) is 9.64. The van der Waals surface area contributed by atoms with Crippen molar-refractivity contribution < 1.29 is 19.5 Å². The second-order valence-corrected chi connectivity index (χ2v) is 9.77. The third-order valence-electron chi connectivity index (χ3n) is 4.05. The Hall–Kier alpha value is -0.830. The van der Waals surface area contributed by atoms with Gasteiger partial charge in [0, 0.05) is 5.56 Å². The SMILES string of the molecule is Cc1c(CP(=O)(O)O)cc(C(C)(C)CC(C)(C)C)c(O)c1C. The summed E-state index contributed by atoms with van der Waals surface area (Å²) in [6.45, 7) is 14.1. The molecule has 0 aliphatic rings. The molecule has 1 aromatic carbocycles. The van der Waals surface area contributed by atoms with Gasteiger partial charge in [0.15, 0.2) is 0 Å². The molecule has 4 nitrogen and oxygen atoms in total. The summed E-state index contributed by atoms with van der Waals surface area (Å²) in [7, 11) is -4.14. The van der Waals surface area contributed by atoms with Crippen LogP contribution in [0.5, 0.6) is 5.75 Å². The molecule has 0 heterocycles. The quantitative estimate of drug-likeness (QED) is 0.716. The first kappa shape index (κ1) is 19.2. The molecule has 0 radical (unpaired) electrons. The van der Waals surface area contributed by atoms with E-state index in [9.17, 15) is 19.5 Å². The fourth-order valence-electron chi connectivity index (χ4n) is 3.29. The fraction of sp³-hybridized carbons (Fsp3) is 0.647. The van der Waals surface area contributed by atoms with E-state index in [1.807, 2.05) is 0 Å². The maximum absolute atomic E-state index is 11.4. The minimum absolute atomic E-state index is 0.0815. The summed E-state index contributed by atoms with van der Waals surface area (Å²) >= 11 is 0. The van der Waals surface area contributed by atoms with E-state index in [1.165, 1.54) is 0 Å². The molecule has 0 aliphatic heterocycles. The Labute approximate surface area is 133 Å². The molecule has 0 bridgehead atoms. The van der Waals surface area contributed by atoms with Gasteiger partial charge in [-0.3, -0.25) is 4.57 Å². The molecular weight excluding hydrogens is 299 g/mol. The average Bonchev–Trinajstić information content (AvgIpc) is 2.24. The highest BCUT2D eigenvalue weighted by Crippen LogP contribution is 2.46. The van der Waals surface area contributed by atoms with E-state index in [1.54, 1.807) is 19.9 Å². The minimum Gasteiger partial charge on any atom is -0.507 e. The summed E-state index contributed by atoms with van der Waals surface area (Å²) in [4.78, 5) is 18.6. The molecule has 1 aromatic rings. The van der Waals surface area contributed by atoms with E-state index in [-0.39, 0.29) is 22.7 Å². The predicted molar refractivity (Wildman–Crippen MR) is 90.4 cm³/mol. The highest BCUT2D eigenvalue weighted by Gasteiger charge is 2.31. The third kappa shape index (κ3) is 4.84. The lowest BCUT2D eigenvalue weighted by Crippen LogP contribution is -2.25. The Morgan fingerprint density at radius 3 is 1.95 bits per heavy atom. The maximum Gasteiger partial charge on any atom is 0.329 e. The number of aromatic hydroxyl groups is 1. The molecule has 0 saturated carbocycles. The zero-order chi connectivity index (χ0) is 17.5. The Kier molecular flexibility index (Phi) is 5.23. The maximum atomic E-state index is 11.4. The Morgan fingerprint density at radius 1 is 1.05 bits per heavy atom. The first-order valence-corrected chi connectivity index (χ1v) is 9.31. The van der Waals surface area contributed by atoms with Crippen LogP contribution in [-0.4, -0.2) is 14.9 Å². The average molecular weight is 328 g/mol. The lowest BCUT2D eigenvalue weighted by atomic mass is 9.71. The molecule has 5 heteroatoms. The van der Waals surface area contributed by atoms with Crippen LogP contribution < -0.4 is 0 Å². The van der Waals surface area contributed by atoms with Crippen molar-refractivity contribution in [2.24, 2.45) is 5.41 Å². The zero-order valence-electron chi connectivity index (χ0n) is 14.7. The van der Waals surface area contributed by atoms with Crippen molar-refractivity contribution in [1.82, 2.24) is 0 Å². The molecule has 0 amide bonds. The van der Waals surface area contributed by atoms with Gasteiger partial charge in [0.05, 0.1) is 6.16 Å². The summed E-state index contributed by atoms with van der Waals surface area (Å²) in [5.74, 6) is 0.237. The van der Waals surface area contributed by atoms with E-state index in [0.717, 1.165) is 17.5 Å². The van der Waals surface area contributed by atoms with Crippen LogP contribution in [-0.2, 0) is 16.1 Å². The van der Waals surface area contributed by atoms with Crippen LogP contribution in [0.4, 0.5) is 0 Å². The zero-order valence-corrected chi connectivity index (χ0v) is 15.6. The molecule has 1 rings (SSSR count). The molecule has 22 heavy (non-hydrogen) atoms. The largest absolute Gasteiger partial charge is 0.507 e. The van der Waals surface area contributed by atoms with Crippen LogP contribution in [0, 0.1) is 19.3 Å². The molecule has 0 aliphatic carbocycles. The molecule has 0 fully saturated rings. The molecule has 0 unspecified atom stereocenters. The Balaban J connectivity index is 3.46. The second kappa shape index (κ2) is 5.99. The van der Waals surface area contributed by atoms with Crippen LogP contribution in [0.15, 0.2) is 6.07 Å². The van der Waals surface area contributed by atoms with Gasteiger partial charge in [-0.05, 0) is 47.8 Å². The number of hydrogen-bond acceptors (Lipinski definition) is 2. The van der Waals surface area contributed by atoms with Crippen LogP contribution >= 0.6 is 7.60 Å². The van der Waals surface area contributed by atoms with Gasteiger partial charge < -0.3 is 14.9 Å². The van der Waals surface area contributed by atoms with Gasteiger partial charge in [0.1, 0.15) is 5.75 Å². The first-order valence-electron chi connectivity index (χ1n) is 7.51. The number of hydrogen-bond donors (Lipinski definition) is 3. The predicted octanol–water partition coefficient (Wildman–Crippen LogP) is 4.40. The second-order valence-electron chi connectivity index (χ2n) is 8.13. The molecule has 0 aromatic heterocycles. The van der Waals surface area contributed by atoms with E-state index >= 15 is 0 Å². The fourth-order valence-corrected chi connectivity index (χ4v) is 4.07. The van der Waals surface area contributed by atoms with Gasteiger partial charge >= 0.3 is 7.60 Å². The van der Waals surface area contributed by atoms with Crippen molar-refractivity contribution in [3.63, 3.8) is 0 Å². The van der Waals surface area contributed by atoms with E-state index < -0.39 is 7.60 Å². The highest BCUT2D eigenvalue weighted by atomic mass is 31.2. The molecule has 126 valence electrons. The third-order valence-corrected chi connectivity index (χ3v) is 4.80. The summed E-state index contributed by atoms with van der Waals surface area (Å²) in [5, 5.41) is 10.5. The number of rotatable bonds is 4. The van der Waals surface area contributed by atoms with E-state index in [2.05, 4.69) is 34.6 Å². The van der Waals surface area contributed by atoms with Crippen molar-refractivity contribution in [3.8, 4) is 5.75 Å². The molecule has 3 N–H and O–H groups in total. The molecule has 0 spiro atoms. The van der Waals surface area contributed by atoms with Gasteiger partial charge in [0.25, 0.3) is 0 Å². The van der Waals surface area contributed by atoms with Gasteiger partial charge in [-0.2, -0.15) is 0 Å². The summed E-state index contributed by atoms with van der Waals surface area (Å²) < 4.78 is 11.4. The van der Waals surface area contributed by atoms with Gasteiger partial charge in [-0.25, -0.2) is 0 Å². The van der Waals surface area contributed by atoms with Gasteiger partial charge in [-0.15, -0.1) is 0 Å². The van der Waals surface area contributed by atoms with Gasteiger partial charge in [-0.1, -0.05) is 40.7 Å². The van der Waals surface area contributed by atoms with Crippen molar-refractivity contribution in [3.05, 3.63) is 28.3 Å². The van der Waals surface area contributed by atoms with Crippen molar-refractivity contribution in [2.45, 2.75) is 66.5 Å². The Bertz CT molecular complexity index is 606. The monoisotopic (exact) mass is 328 g/mol. The van der Waals surface area contributed by atoms with Crippen molar-refractivity contribution in [2.75, 3.05) is 0 Å². The summed E-state index contributed by atoms with van der Waals surface area (Å²) in [6, 6.07) is 1.77. The highest BCUT2D eigenvalue weighted by molar-refractivity contribution is 7.50. The number of phenols is 1. The van der Waals surface area contributed by atoms with Crippen LogP contribution in [0.25, 0.3) is 0 Å².